The molecule has 3 rings (SSSR count). The number of methoxy groups -OCH3 is 1. The highest BCUT2D eigenvalue weighted by molar-refractivity contribution is 5.98. The monoisotopic (exact) mass is 448 g/mol. The number of hydrogen-bond donors (Lipinski definition) is 1. The van der Waals surface area contributed by atoms with Crippen LogP contribution in [0.4, 0.5) is 0 Å². The summed E-state index contributed by atoms with van der Waals surface area (Å²) in [5.41, 5.74) is -0.175. The second-order valence-corrected chi connectivity index (χ2v) is 11.3. The van der Waals surface area contributed by atoms with Gasteiger partial charge in [-0.05, 0) is 60.0 Å². The smallest absolute Gasteiger partial charge is 0.306 e. The van der Waals surface area contributed by atoms with Gasteiger partial charge in [-0.2, -0.15) is 0 Å². The fourth-order valence-electron chi connectivity index (χ4n) is 6.99. The summed E-state index contributed by atoms with van der Waals surface area (Å²) < 4.78 is 11.5. The molecule has 180 valence electrons. The molecule has 0 radical (unpaired) electrons. The summed E-state index contributed by atoms with van der Waals surface area (Å²) in [7, 11) is 1.74. The second kappa shape index (κ2) is 8.58. The topological polar surface area (TPSA) is 89.9 Å². The van der Waals surface area contributed by atoms with Gasteiger partial charge in [0.2, 0.25) is 0 Å². The van der Waals surface area contributed by atoms with Gasteiger partial charge in [-0.1, -0.05) is 41.0 Å². The number of fused-ring (bicyclic) bond motifs is 3. The molecule has 0 aliphatic heterocycles. The molecule has 2 saturated carbocycles. The molecule has 2 fully saturated rings. The first-order valence-corrected chi connectivity index (χ1v) is 12.0. The van der Waals surface area contributed by atoms with E-state index in [9.17, 15) is 14.4 Å². The highest BCUT2D eigenvalue weighted by Crippen LogP contribution is 2.69. The van der Waals surface area contributed by atoms with Crippen LogP contribution in [-0.4, -0.2) is 42.1 Å². The predicted molar refractivity (Wildman–Crippen MR) is 121 cm³/mol. The van der Waals surface area contributed by atoms with Crippen LogP contribution in [0.3, 0.4) is 0 Å². The van der Waals surface area contributed by atoms with Crippen LogP contribution in [0.1, 0.15) is 86.0 Å². The van der Waals surface area contributed by atoms with Crippen molar-refractivity contribution in [1.29, 1.82) is 0 Å². The molecule has 0 spiro atoms. The minimum Gasteiger partial charge on any atom is -0.481 e. The molecular weight excluding hydrogens is 408 g/mol. The van der Waals surface area contributed by atoms with E-state index in [1.54, 1.807) is 7.11 Å². The molecule has 1 N–H and O–H groups in total. The molecule has 0 aromatic carbocycles. The van der Waals surface area contributed by atoms with E-state index in [4.69, 9.17) is 14.6 Å². The van der Waals surface area contributed by atoms with Crippen molar-refractivity contribution >= 4 is 17.7 Å². The molecule has 6 nitrogen and oxygen atoms in total. The van der Waals surface area contributed by atoms with Gasteiger partial charge in [0.1, 0.15) is 0 Å². The van der Waals surface area contributed by atoms with Gasteiger partial charge in [-0.25, -0.2) is 0 Å². The molecule has 0 heterocycles. The van der Waals surface area contributed by atoms with Crippen molar-refractivity contribution < 1.29 is 29.0 Å². The maximum atomic E-state index is 13.6. The lowest BCUT2D eigenvalue weighted by molar-refractivity contribution is -0.184. The van der Waals surface area contributed by atoms with Crippen LogP contribution in [0.5, 0.6) is 0 Å². The third-order valence-corrected chi connectivity index (χ3v) is 9.67. The Kier molecular flexibility index (Phi) is 6.69. The number of Topliss-reactive ketones (excluding diaryl/α,β-unsaturated/α-hetero) is 1. The molecule has 0 amide bonds. The summed E-state index contributed by atoms with van der Waals surface area (Å²) in [5, 5.41) is 8.83. The van der Waals surface area contributed by atoms with Crippen LogP contribution in [0.15, 0.2) is 11.6 Å². The zero-order valence-electron chi connectivity index (χ0n) is 20.6. The Hall–Kier alpha value is -1.69. The predicted octanol–water partition coefficient (Wildman–Crippen LogP) is 4.95. The standard InChI is InChI=1S/C26H40O6/c1-17(2)26(31-6)13-10-19-18(14-26)20(27)15-25(5)23(3,11-7-12-24(19,25)4)16-32-22(30)9-8-21(28)29/h14,17,19H,7-13,15-16H2,1-6H3,(H,28,29). The average Bonchev–Trinajstić information content (AvgIpc) is 2.73. The SMILES string of the molecule is COC1(C(C)C)C=C2C(=O)CC3(C)C(C)(COC(=O)CCC(=O)O)CCCC3(C)C2CC1. The zero-order valence-corrected chi connectivity index (χ0v) is 20.6. The molecule has 3 aliphatic rings. The Bertz CT molecular complexity index is 815. The van der Waals surface area contributed by atoms with Crippen molar-refractivity contribution in [3.05, 3.63) is 11.6 Å². The molecule has 3 aliphatic carbocycles. The lowest BCUT2D eigenvalue weighted by atomic mass is 9.38. The number of ketones is 1. The summed E-state index contributed by atoms with van der Waals surface area (Å²) in [6, 6.07) is 0. The number of ether oxygens (including phenoxy) is 2. The van der Waals surface area contributed by atoms with Crippen LogP contribution in [0.25, 0.3) is 0 Å². The number of rotatable bonds is 7. The van der Waals surface area contributed by atoms with Gasteiger partial charge in [0.05, 0.1) is 25.0 Å². The number of esters is 1. The maximum Gasteiger partial charge on any atom is 0.306 e. The first-order valence-electron chi connectivity index (χ1n) is 12.0. The Morgan fingerprint density at radius 3 is 2.44 bits per heavy atom. The molecule has 0 saturated heterocycles. The molecule has 0 bridgehead atoms. The van der Waals surface area contributed by atoms with E-state index in [1.165, 1.54) is 0 Å². The Morgan fingerprint density at radius 2 is 1.84 bits per heavy atom. The third kappa shape index (κ3) is 3.82. The van der Waals surface area contributed by atoms with Gasteiger partial charge in [0.15, 0.2) is 5.78 Å². The van der Waals surface area contributed by atoms with Crippen molar-refractivity contribution in [2.24, 2.45) is 28.1 Å². The summed E-state index contributed by atoms with van der Waals surface area (Å²) in [6.45, 7) is 11.2. The van der Waals surface area contributed by atoms with Crippen molar-refractivity contribution in [2.75, 3.05) is 13.7 Å². The van der Waals surface area contributed by atoms with Crippen LogP contribution in [0.2, 0.25) is 0 Å². The summed E-state index contributed by atoms with van der Waals surface area (Å²) in [5.74, 6) is -0.822. The van der Waals surface area contributed by atoms with Crippen molar-refractivity contribution in [1.82, 2.24) is 0 Å². The molecule has 6 heteroatoms. The number of allylic oxidation sites excluding steroid dienone is 1. The van der Waals surface area contributed by atoms with Crippen LogP contribution in [0, 0.1) is 28.1 Å². The van der Waals surface area contributed by atoms with E-state index in [0.29, 0.717) is 6.42 Å². The lowest BCUT2D eigenvalue weighted by Gasteiger charge is -2.66. The number of carboxylic acid groups (broad SMARTS) is 1. The number of hydrogen-bond acceptors (Lipinski definition) is 5. The molecule has 5 atom stereocenters. The zero-order chi connectivity index (χ0) is 23.9. The largest absolute Gasteiger partial charge is 0.481 e. The number of carbonyl (C=O) groups is 3. The van der Waals surface area contributed by atoms with Gasteiger partial charge >= 0.3 is 11.9 Å². The quantitative estimate of drug-likeness (QED) is 0.555. The molecular formula is C26H40O6. The van der Waals surface area contributed by atoms with Gasteiger partial charge in [0, 0.05) is 18.9 Å². The molecule has 0 aromatic rings. The number of carboxylic acids is 1. The highest BCUT2D eigenvalue weighted by atomic mass is 16.5. The minimum absolute atomic E-state index is 0.0793. The fraction of sp³-hybridized carbons (Fsp3) is 0.808. The van der Waals surface area contributed by atoms with E-state index in [2.05, 4.69) is 40.7 Å². The van der Waals surface area contributed by atoms with Crippen molar-refractivity contribution in [3.63, 3.8) is 0 Å². The first-order chi connectivity index (χ1) is 14.8. The highest BCUT2D eigenvalue weighted by Gasteiger charge is 2.65. The van der Waals surface area contributed by atoms with Crippen LogP contribution < -0.4 is 0 Å². The van der Waals surface area contributed by atoms with Gasteiger partial charge in [0.25, 0.3) is 0 Å². The van der Waals surface area contributed by atoms with Crippen LogP contribution in [-0.2, 0) is 23.9 Å². The number of aliphatic carboxylic acids is 1. The minimum atomic E-state index is -1.01. The summed E-state index contributed by atoms with van der Waals surface area (Å²) >= 11 is 0. The van der Waals surface area contributed by atoms with E-state index in [1.807, 2.05) is 0 Å². The van der Waals surface area contributed by atoms with Crippen molar-refractivity contribution in [3.8, 4) is 0 Å². The first kappa shape index (κ1) is 24.9. The summed E-state index contributed by atoms with van der Waals surface area (Å²) in [6.07, 6.45) is 7.00. The van der Waals surface area contributed by atoms with E-state index < -0.39 is 11.9 Å². The maximum absolute atomic E-state index is 13.6. The van der Waals surface area contributed by atoms with E-state index in [-0.39, 0.29) is 58.9 Å². The fourth-order valence-corrected chi connectivity index (χ4v) is 6.99. The second-order valence-electron chi connectivity index (χ2n) is 11.3. The summed E-state index contributed by atoms with van der Waals surface area (Å²) in [4.78, 5) is 36.5. The number of carbonyl (C=O) groups excluding carboxylic acids is 2. The van der Waals surface area contributed by atoms with Gasteiger partial charge in [-0.15, -0.1) is 0 Å². The van der Waals surface area contributed by atoms with E-state index >= 15 is 0 Å². The molecule has 5 unspecified atom stereocenters. The Morgan fingerprint density at radius 1 is 1.16 bits per heavy atom. The average molecular weight is 449 g/mol. The molecule has 0 aromatic heterocycles. The third-order valence-electron chi connectivity index (χ3n) is 9.67. The Balaban J connectivity index is 1.90. The normalized spacial score (nSPS) is 39.2. The lowest BCUT2D eigenvalue weighted by Crippen LogP contribution is -2.62. The Labute approximate surface area is 192 Å². The molecule has 32 heavy (non-hydrogen) atoms. The van der Waals surface area contributed by atoms with Crippen molar-refractivity contribution in [2.45, 2.75) is 91.6 Å². The van der Waals surface area contributed by atoms with Gasteiger partial charge < -0.3 is 14.6 Å². The van der Waals surface area contributed by atoms with Gasteiger partial charge in [-0.3, -0.25) is 14.4 Å². The van der Waals surface area contributed by atoms with Crippen LogP contribution >= 0.6 is 0 Å². The van der Waals surface area contributed by atoms with E-state index in [0.717, 1.165) is 37.7 Å².